The third-order valence-electron chi connectivity index (χ3n) is 17.7. The highest BCUT2D eigenvalue weighted by Crippen LogP contribution is 2.57. The van der Waals surface area contributed by atoms with Crippen molar-refractivity contribution in [2.45, 2.75) is 97.8 Å². The van der Waals surface area contributed by atoms with Crippen molar-refractivity contribution in [1.29, 1.82) is 0 Å². The van der Waals surface area contributed by atoms with Crippen LogP contribution in [-0.4, -0.2) is 64.7 Å². The molecule has 9 aromatic heterocycles. The molecular weight excluding hydrogens is 1220 g/mol. The average Bonchev–Trinajstić information content (AvgIpc) is 0.739. The molecule has 0 fully saturated rings. The van der Waals surface area contributed by atoms with Gasteiger partial charge in [0.1, 0.15) is 17.2 Å². The molecule has 0 aliphatic carbocycles. The second-order valence-electron chi connectivity index (χ2n) is 24.7. The van der Waals surface area contributed by atoms with E-state index in [0.29, 0.717) is 37.1 Å². The van der Waals surface area contributed by atoms with Gasteiger partial charge in [-0.05, 0) is 179 Å². The van der Waals surface area contributed by atoms with Gasteiger partial charge in [0.2, 0.25) is 0 Å². The highest BCUT2D eigenvalue weighted by Gasteiger charge is 2.31. The maximum Gasteiger partial charge on any atom is 0.142 e. The summed E-state index contributed by atoms with van der Waals surface area (Å²) in [5.41, 5.74) is 20.5. The van der Waals surface area contributed by atoms with E-state index in [1.165, 1.54) is 0 Å². The summed E-state index contributed by atoms with van der Waals surface area (Å²) in [7, 11) is 0. The lowest BCUT2D eigenvalue weighted by Gasteiger charge is -2.27. The molecule has 0 saturated heterocycles. The minimum absolute atomic E-state index is 0.482. The first-order chi connectivity index (χ1) is 49.0. The number of aromatic nitrogens is 9. The normalized spacial score (nSPS) is 11.2. The second kappa shape index (κ2) is 33.1. The Balaban J connectivity index is 1.04. The van der Waals surface area contributed by atoms with E-state index in [0.717, 1.165) is 212 Å². The molecule has 0 saturated carbocycles. The van der Waals surface area contributed by atoms with Crippen LogP contribution in [0.3, 0.4) is 0 Å². The van der Waals surface area contributed by atoms with Crippen molar-refractivity contribution in [3.63, 3.8) is 0 Å². The van der Waals surface area contributed by atoms with Crippen LogP contribution in [0.4, 0.5) is 0 Å². The Bertz CT molecular complexity index is 4050. The molecule has 4 aromatic carbocycles. The molecule has 0 aliphatic heterocycles. The summed E-state index contributed by atoms with van der Waals surface area (Å²) < 4.78 is 22.6. The predicted octanol–water partition coefficient (Wildman–Crippen LogP) is 22.1. The van der Waals surface area contributed by atoms with Gasteiger partial charge in [0.15, 0.2) is 0 Å². The number of pyridine rings is 9. The lowest BCUT2D eigenvalue weighted by molar-refractivity contribution is 0.281. The number of nitrogens with zero attached hydrogens (tertiary/aromatic N) is 9. The van der Waals surface area contributed by atoms with Crippen molar-refractivity contribution < 1.29 is 14.2 Å². The van der Waals surface area contributed by atoms with Crippen LogP contribution in [0.15, 0.2) is 256 Å². The number of ether oxygens (including phenoxy) is 3. The van der Waals surface area contributed by atoms with Crippen molar-refractivity contribution >= 4 is 0 Å². The monoisotopic (exact) mass is 1300 g/mol. The van der Waals surface area contributed by atoms with Crippen molar-refractivity contribution in [3.05, 3.63) is 256 Å². The molecule has 12 heteroatoms. The van der Waals surface area contributed by atoms with E-state index in [4.69, 9.17) is 59.1 Å². The number of unbranched alkanes of at least 4 members (excludes halogenated alkanes) is 9. The molecule has 13 rings (SSSR count). The van der Waals surface area contributed by atoms with Gasteiger partial charge in [-0.15, -0.1) is 0 Å². The van der Waals surface area contributed by atoms with Crippen LogP contribution in [0, 0.1) is 0 Å². The van der Waals surface area contributed by atoms with Gasteiger partial charge in [0, 0.05) is 37.2 Å². The summed E-state index contributed by atoms with van der Waals surface area (Å²) in [6, 6.07) is 74.7. The first-order valence-corrected chi connectivity index (χ1v) is 35.0. The molecule has 0 unspecified atom stereocenters. The summed E-state index contributed by atoms with van der Waals surface area (Å²) in [6.07, 6.45) is 23.1. The van der Waals surface area contributed by atoms with Crippen molar-refractivity contribution in [2.24, 2.45) is 0 Å². The molecule has 99 heavy (non-hydrogen) atoms. The van der Waals surface area contributed by atoms with E-state index < -0.39 is 0 Å². The molecule has 0 amide bonds. The maximum atomic E-state index is 7.53. The first kappa shape index (κ1) is 66.3. The first-order valence-electron chi connectivity index (χ1n) is 35.0. The molecule has 0 aliphatic rings. The van der Waals surface area contributed by atoms with Crippen LogP contribution in [0.2, 0.25) is 0 Å². The maximum absolute atomic E-state index is 7.53. The van der Waals surface area contributed by atoms with E-state index in [1.54, 1.807) is 37.2 Å². The summed E-state index contributed by atoms with van der Waals surface area (Å²) >= 11 is 0. The van der Waals surface area contributed by atoms with Gasteiger partial charge < -0.3 is 14.2 Å². The van der Waals surface area contributed by atoms with Gasteiger partial charge >= 0.3 is 0 Å². The second-order valence-corrected chi connectivity index (χ2v) is 24.7. The van der Waals surface area contributed by atoms with Crippen LogP contribution in [0.1, 0.15) is 97.8 Å². The highest BCUT2D eigenvalue weighted by molar-refractivity contribution is 6.00. The molecular formula is C87H81N9O3. The zero-order valence-corrected chi connectivity index (χ0v) is 56.6. The van der Waals surface area contributed by atoms with Crippen LogP contribution < -0.4 is 14.2 Å². The molecule has 0 atom stereocenters. The fourth-order valence-corrected chi connectivity index (χ4v) is 12.5. The SMILES string of the molecule is CCCCCCOc1c(-c2ccc(-c3cc(-c4ccccn4)nc(-c4ccccn4)c3)cc2)c(OCCCCCC)c(-c2ccc(-c3cc(-c4ccccn4)nc(-c4ccccn4)c3)cc2)c(OCCCCCC)c1-c1ccc(-c2cc(-c3ccccn3)nc(-c3ccccn3)c2)cc1. The third kappa shape index (κ3) is 16.2. The number of hydrogen-bond donors (Lipinski definition) is 0. The van der Waals surface area contributed by atoms with Gasteiger partial charge in [-0.2, -0.15) is 0 Å². The Kier molecular flexibility index (Phi) is 22.1. The lowest BCUT2D eigenvalue weighted by atomic mass is 9.87. The quantitative estimate of drug-likeness (QED) is 0.0395. The topological polar surface area (TPSA) is 144 Å². The molecule has 0 N–H and O–H groups in total. The predicted molar refractivity (Wildman–Crippen MR) is 401 cm³/mol. The standard InChI is InChI=1S/C87H81N9O3/c1-4-7-10-25-52-97-85-82(64-40-34-61(35-41-64)67-55-76(70-28-13-19-46-88-70)94-77(56-67)71-29-14-20-47-89-71)86(98-53-26-11-8-5-2)84(66-44-38-63(39-45-66)69-59-80(74-32-17-23-50-92-74)96-81(60-69)75-33-18-24-51-93-75)87(99-54-27-12-9-6-3)83(85)65-42-36-62(37-43-65)68-57-78(72-30-15-21-48-90-72)95-79(58-68)73-31-16-22-49-91-73/h13-24,28-51,55-60H,4-12,25-27,52-54H2,1-3H3. The van der Waals surface area contributed by atoms with Gasteiger partial charge in [0.25, 0.3) is 0 Å². The van der Waals surface area contributed by atoms with Gasteiger partial charge in [0.05, 0.1) is 105 Å². The number of hydrogen-bond acceptors (Lipinski definition) is 12. The van der Waals surface area contributed by atoms with Crippen molar-refractivity contribution in [1.82, 2.24) is 44.9 Å². The smallest absolute Gasteiger partial charge is 0.142 e. The Labute approximate surface area is 581 Å². The molecule has 9 heterocycles. The minimum atomic E-state index is 0.482. The van der Waals surface area contributed by atoms with E-state index in [9.17, 15) is 0 Å². The van der Waals surface area contributed by atoms with Gasteiger partial charge in [-0.3, -0.25) is 29.9 Å². The molecule has 492 valence electrons. The largest absolute Gasteiger partial charge is 0.492 e. The van der Waals surface area contributed by atoms with E-state index in [2.05, 4.69) is 130 Å². The molecule has 0 radical (unpaired) electrons. The summed E-state index contributed by atoms with van der Waals surface area (Å²) in [5, 5.41) is 0. The Morgan fingerprint density at radius 1 is 0.212 bits per heavy atom. The van der Waals surface area contributed by atoms with E-state index in [-0.39, 0.29) is 0 Å². The summed E-state index contributed by atoms with van der Waals surface area (Å²) in [6.45, 7) is 8.18. The minimum Gasteiger partial charge on any atom is -0.492 e. The van der Waals surface area contributed by atoms with E-state index in [1.807, 2.05) is 109 Å². The summed E-state index contributed by atoms with van der Waals surface area (Å²) in [4.78, 5) is 43.8. The summed E-state index contributed by atoms with van der Waals surface area (Å²) in [5.74, 6) is 2.12. The number of rotatable bonds is 30. The van der Waals surface area contributed by atoms with Crippen LogP contribution in [0.5, 0.6) is 17.2 Å². The van der Waals surface area contributed by atoms with Crippen LogP contribution in [-0.2, 0) is 0 Å². The number of benzene rings is 4. The van der Waals surface area contributed by atoms with E-state index >= 15 is 0 Å². The Morgan fingerprint density at radius 3 is 0.616 bits per heavy atom. The zero-order chi connectivity index (χ0) is 67.4. The Hall–Kier alpha value is -11.4. The fourth-order valence-electron chi connectivity index (χ4n) is 12.5. The fraction of sp³-hybridized carbons (Fsp3) is 0.207. The lowest BCUT2D eigenvalue weighted by Crippen LogP contribution is -2.09. The molecule has 0 spiro atoms. The molecule has 13 aromatic rings. The Morgan fingerprint density at radius 2 is 0.424 bits per heavy atom. The van der Waals surface area contributed by atoms with Crippen molar-refractivity contribution in [2.75, 3.05) is 19.8 Å². The highest BCUT2D eigenvalue weighted by atomic mass is 16.5. The van der Waals surface area contributed by atoms with Gasteiger partial charge in [-0.1, -0.05) is 188 Å². The van der Waals surface area contributed by atoms with Crippen LogP contribution in [0.25, 0.3) is 135 Å². The van der Waals surface area contributed by atoms with Crippen LogP contribution >= 0.6 is 0 Å². The van der Waals surface area contributed by atoms with Crippen molar-refractivity contribution in [3.8, 4) is 152 Å². The average molecular weight is 1300 g/mol. The third-order valence-corrected chi connectivity index (χ3v) is 17.7. The zero-order valence-electron chi connectivity index (χ0n) is 56.6. The van der Waals surface area contributed by atoms with Gasteiger partial charge in [-0.25, -0.2) is 15.0 Å². The molecule has 0 bridgehead atoms. The molecule has 12 nitrogen and oxygen atoms in total.